The van der Waals surface area contributed by atoms with Gasteiger partial charge in [0.15, 0.2) is 0 Å². The SMILES string of the molecule is CC1CCC(C(=O)Oc2cc[c-]c(F)c2)CC1.[Y+3]. The molecule has 2 nitrogen and oxygen atoms in total. The largest absolute Gasteiger partial charge is 3.00 e. The van der Waals surface area contributed by atoms with Crippen molar-refractivity contribution in [1.82, 2.24) is 0 Å². The van der Waals surface area contributed by atoms with Crippen molar-refractivity contribution in [3.05, 3.63) is 30.1 Å². The van der Waals surface area contributed by atoms with Gasteiger partial charge in [-0.2, -0.15) is 6.07 Å². The van der Waals surface area contributed by atoms with Gasteiger partial charge in [0.25, 0.3) is 0 Å². The zero-order valence-corrected chi connectivity index (χ0v) is 13.3. The van der Waals surface area contributed by atoms with Crippen molar-refractivity contribution in [2.75, 3.05) is 0 Å². The molecule has 0 bridgehead atoms. The van der Waals surface area contributed by atoms with Crippen LogP contribution in [0.2, 0.25) is 0 Å². The van der Waals surface area contributed by atoms with Crippen LogP contribution < -0.4 is 4.74 Å². The van der Waals surface area contributed by atoms with Gasteiger partial charge >= 0.3 is 38.7 Å². The molecule has 1 fully saturated rings. The van der Waals surface area contributed by atoms with E-state index >= 15 is 0 Å². The van der Waals surface area contributed by atoms with Crippen molar-refractivity contribution in [2.24, 2.45) is 11.8 Å². The fourth-order valence-electron chi connectivity index (χ4n) is 2.18. The smallest absolute Gasteiger partial charge is 0.453 e. The van der Waals surface area contributed by atoms with Crippen LogP contribution in [0.15, 0.2) is 18.2 Å². The maximum Gasteiger partial charge on any atom is 3.00 e. The predicted molar refractivity (Wildman–Crippen MR) is 62.0 cm³/mol. The number of rotatable bonds is 2. The number of halogens is 1. The van der Waals surface area contributed by atoms with Gasteiger partial charge in [-0.25, -0.2) is 4.39 Å². The number of hydrogen-bond acceptors (Lipinski definition) is 2. The van der Waals surface area contributed by atoms with Crippen LogP contribution in [0.5, 0.6) is 5.75 Å². The number of carbonyl (C=O) groups excluding carboxylic acids is 1. The van der Waals surface area contributed by atoms with Crippen molar-refractivity contribution in [2.45, 2.75) is 32.6 Å². The van der Waals surface area contributed by atoms with Crippen molar-refractivity contribution in [3.8, 4) is 5.75 Å². The van der Waals surface area contributed by atoms with Crippen LogP contribution >= 0.6 is 0 Å². The second-order valence-corrected chi connectivity index (χ2v) is 4.75. The Bertz CT molecular complexity index is 401. The minimum atomic E-state index is -0.507. The van der Waals surface area contributed by atoms with Gasteiger partial charge in [0, 0.05) is 11.6 Å². The second kappa shape index (κ2) is 7.35. The number of benzene rings is 1. The van der Waals surface area contributed by atoms with Crippen molar-refractivity contribution < 1.29 is 46.6 Å². The second-order valence-electron chi connectivity index (χ2n) is 4.75. The third kappa shape index (κ3) is 4.44. The molecular formula is C14H16FO2Y+2. The molecule has 18 heavy (non-hydrogen) atoms. The molecule has 0 unspecified atom stereocenters. The molecule has 0 heterocycles. The fraction of sp³-hybridized carbons (Fsp3) is 0.500. The monoisotopic (exact) mass is 324 g/mol. The Morgan fingerprint density at radius 2 is 2.06 bits per heavy atom. The van der Waals surface area contributed by atoms with E-state index in [0.29, 0.717) is 5.92 Å². The van der Waals surface area contributed by atoms with Gasteiger partial charge in [0.05, 0.1) is 5.92 Å². The number of carbonyl (C=O) groups is 1. The normalized spacial score (nSPS) is 23.0. The molecule has 4 heteroatoms. The van der Waals surface area contributed by atoms with E-state index in [1.54, 1.807) is 6.07 Å². The minimum absolute atomic E-state index is 0. The first-order chi connectivity index (χ1) is 8.15. The van der Waals surface area contributed by atoms with E-state index in [1.807, 2.05) is 0 Å². The topological polar surface area (TPSA) is 26.3 Å². The first kappa shape index (κ1) is 15.8. The predicted octanol–water partition coefficient (Wildman–Crippen LogP) is 3.36. The summed E-state index contributed by atoms with van der Waals surface area (Å²) in [7, 11) is 0. The van der Waals surface area contributed by atoms with Gasteiger partial charge in [0.2, 0.25) is 0 Å². The fourth-order valence-corrected chi connectivity index (χ4v) is 2.18. The molecule has 2 rings (SSSR count). The molecule has 0 aromatic heterocycles. The van der Waals surface area contributed by atoms with Crippen LogP contribution in [-0.4, -0.2) is 5.97 Å². The molecule has 1 aliphatic rings. The third-order valence-electron chi connectivity index (χ3n) is 3.31. The number of ether oxygens (including phenoxy) is 1. The molecule has 1 saturated carbocycles. The van der Waals surface area contributed by atoms with Crippen molar-refractivity contribution in [1.29, 1.82) is 0 Å². The van der Waals surface area contributed by atoms with E-state index in [0.717, 1.165) is 25.7 Å². The van der Waals surface area contributed by atoms with Crippen LogP contribution in [0.4, 0.5) is 4.39 Å². The Labute approximate surface area is 132 Å². The van der Waals surface area contributed by atoms with E-state index in [1.165, 1.54) is 12.1 Å². The van der Waals surface area contributed by atoms with E-state index in [2.05, 4.69) is 13.0 Å². The zero-order chi connectivity index (χ0) is 12.3. The molecule has 0 atom stereocenters. The van der Waals surface area contributed by atoms with E-state index in [-0.39, 0.29) is 50.3 Å². The maximum atomic E-state index is 12.9. The molecule has 1 aromatic rings. The average Bonchev–Trinajstić information content (AvgIpc) is 2.29. The van der Waals surface area contributed by atoms with E-state index in [4.69, 9.17) is 4.74 Å². The van der Waals surface area contributed by atoms with Gasteiger partial charge in [-0.3, -0.25) is 4.79 Å². The first-order valence-corrected chi connectivity index (χ1v) is 6.04. The van der Waals surface area contributed by atoms with Gasteiger partial charge in [-0.05, 0) is 31.6 Å². The van der Waals surface area contributed by atoms with Crippen LogP contribution in [0.1, 0.15) is 32.6 Å². The summed E-state index contributed by atoms with van der Waals surface area (Å²) in [5, 5.41) is 0. The summed E-state index contributed by atoms with van der Waals surface area (Å²) in [6, 6.07) is 6.52. The molecule has 0 N–H and O–H groups in total. The molecule has 0 aliphatic heterocycles. The number of hydrogen-bond donors (Lipinski definition) is 0. The van der Waals surface area contributed by atoms with Gasteiger partial charge in [-0.15, -0.1) is 12.1 Å². The zero-order valence-electron chi connectivity index (χ0n) is 10.5. The third-order valence-corrected chi connectivity index (χ3v) is 3.31. The molecule has 0 radical (unpaired) electrons. The summed E-state index contributed by atoms with van der Waals surface area (Å²) in [4.78, 5) is 11.8. The minimum Gasteiger partial charge on any atom is -0.453 e. The van der Waals surface area contributed by atoms with Gasteiger partial charge in [0.1, 0.15) is 0 Å². The molecular weight excluding hydrogens is 308 g/mol. The molecule has 1 aliphatic carbocycles. The molecule has 0 spiro atoms. The average molecular weight is 324 g/mol. The Morgan fingerprint density at radius 3 is 2.67 bits per heavy atom. The van der Waals surface area contributed by atoms with Crippen LogP contribution in [-0.2, 0) is 37.5 Å². The Kier molecular flexibility index (Phi) is 6.44. The summed E-state index contributed by atoms with van der Waals surface area (Å²) < 4.78 is 18.0. The summed E-state index contributed by atoms with van der Waals surface area (Å²) in [6.07, 6.45) is 3.89. The Morgan fingerprint density at radius 1 is 1.39 bits per heavy atom. The molecule has 1 aromatic carbocycles. The van der Waals surface area contributed by atoms with Crippen LogP contribution in [0.3, 0.4) is 0 Å². The van der Waals surface area contributed by atoms with Crippen LogP contribution in [0, 0.1) is 23.7 Å². The summed E-state index contributed by atoms with van der Waals surface area (Å²) in [6.45, 7) is 2.20. The summed E-state index contributed by atoms with van der Waals surface area (Å²) >= 11 is 0. The summed E-state index contributed by atoms with van der Waals surface area (Å²) in [5.74, 6) is 0.196. The van der Waals surface area contributed by atoms with Crippen LogP contribution in [0.25, 0.3) is 0 Å². The summed E-state index contributed by atoms with van der Waals surface area (Å²) in [5.41, 5.74) is 0. The maximum absolute atomic E-state index is 12.9. The first-order valence-electron chi connectivity index (χ1n) is 6.04. The molecule has 0 saturated heterocycles. The van der Waals surface area contributed by atoms with Crippen molar-refractivity contribution in [3.63, 3.8) is 0 Å². The quantitative estimate of drug-likeness (QED) is 0.474. The van der Waals surface area contributed by atoms with Crippen molar-refractivity contribution >= 4 is 5.97 Å². The molecule has 0 amide bonds. The Balaban J connectivity index is 0.00000162. The Hall–Kier alpha value is -0.276. The van der Waals surface area contributed by atoms with E-state index in [9.17, 15) is 9.18 Å². The van der Waals surface area contributed by atoms with Gasteiger partial charge in [-0.1, -0.05) is 13.0 Å². The number of esters is 1. The van der Waals surface area contributed by atoms with Gasteiger partial charge < -0.3 is 4.74 Å². The van der Waals surface area contributed by atoms with E-state index < -0.39 is 5.82 Å². The standard InChI is InChI=1S/C14H16FO2.Y/c1-10-5-7-11(8-6-10)14(16)17-13-4-2-3-12(15)9-13;/h2,4,9-11H,5-8H2,1H3;/q-1;+3. The molecule has 92 valence electrons.